The molecule has 8 nitrogen and oxygen atoms in total. The van der Waals surface area contributed by atoms with Gasteiger partial charge in [0.05, 0.1) is 24.0 Å². The van der Waals surface area contributed by atoms with Crippen LogP contribution in [0, 0.1) is 5.92 Å². The quantitative estimate of drug-likeness (QED) is 0.881. The van der Waals surface area contributed by atoms with Crippen LogP contribution >= 0.6 is 0 Å². The molecule has 1 aromatic heterocycles. The number of rotatable bonds is 3. The second-order valence-corrected chi connectivity index (χ2v) is 5.52. The molecule has 23 heavy (non-hydrogen) atoms. The lowest BCUT2D eigenvalue weighted by Crippen LogP contribution is -2.45. The summed E-state index contributed by atoms with van der Waals surface area (Å²) in [6, 6.07) is 7.07. The number of primary amides is 1. The maximum atomic E-state index is 12.4. The molecule has 3 N–H and O–H groups in total. The van der Waals surface area contributed by atoms with Crippen molar-refractivity contribution in [2.45, 2.75) is 12.8 Å². The number of anilines is 1. The molecule has 120 valence electrons. The number of hydrogen-bond acceptors (Lipinski definition) is 4. The Bertz CT molecular complexity index is 700. The Morgan fingerprint density at radius 2 is 2.22 bits per heavy atom. The van der Waals surface area contributed by atoms with E-state index in [0.717, 1.165) is 18.5 Å². The molecule has 3 amide bonds. The van der Waals surface area contributed by atoms with Crippen LogP contribution in [0.2, 0.25) is 0 Å². The molecular weight excluding hydrogens is 296 g/mol. The van der Waals surface area contributed by atoms with Crippen molar-refractivity contribution < 1.29 is 9.59 Å². The number of nitrogens with two attached hydrogens (primary N) is 1. The van der Waals surface area contributed by atoms with Crippen molar-refractivity contribution in [3.8, 4) is 5.69 Å². The van der Waals surface area contributed by atoms with Crippen molar-refractivity contribution in [1.29, 1.82) is 0 Å². The lowest BCUT2D eigenvalue weighted by atomic mass is 9.98. The van der Waals surface area contributed by atoms with Gasteiger partial charge in [-0.3, -0.25) is 4.79 Å². The standard InChI is InChI=1S/C15H18N6O2/c16-14(22)11-3-2-7-20(10-11)15(23)18-12-4-1-5-13(9-12)21-8-6-17-19-21/h1,4-6,8-9,11H,2-3,7,10H2,(H2,16,22)(H,18,23)/t11-/m0/s1. The van der Waals surface area contributed by atoms with Gasteiger partial charge in [0.2, 0.25) is 5.91 Å². The second-order valence-electron chi connectivity index (χ2n) is 5.52. The van der Waals surface area contributed by atoms with Crippen LogP contribution in [0.4, 0.5) is 10.5 Å². The first-order valence-electron chi connectivity index (χ1n) is 7.45. The Morgan fingerprint density at radius 1 is 1.35 bits per heavy atom. The van der Waals surface area contributed by atoms with Gasteiger partial charge in [0.1, 0.15) is 0 Å². The number of carbonyl (C=O) groups is 2. The van der Waals surface area contributed by atoms with Crippen molar-refractivity contribution in [3.05, 3.63) is 36.7 Å². The zero-order valence-corrected chi connectivity index (χ0v) is 12.6. The average Bonchev–Trinajstić information content (AvgIpc) is 3.10. The molecule has 0 aliphatic carbocycles. The average molecular weight is 314 g/mol. The fourth-order valence-electron chi connectivity index (χ4n) is 2.67. The molecule has 1 atom stereocenters. The number of likely N-dealkylation sites (tertiary alicyclic amines) is 1. The van der Waals surface area contributed by atoms with Crippen LogP contribution in [0.3, 0.4) is 0 Å². The zero-order valence-electron chi connectivity index (χ0n) is 12.6. The number of piperidine rings is 1. The maximum Gasteiger partial charge on any atom is 0.321 e. The Kier molecular flexibility index (Phi) is 4.22. The number of carbonyl (C=O) groups excluding carboxylic acids is 2. The van der Waals surface area contributed by atoms with Crippen molar-refractivity contribution in [2.24, 2.45) is 11.7 Å². The maximum absolute atomic E-state index is 12.4. The summed E-state index contributed by atoms with van der Waals surface area (Å²) in [6.45, 7) is 0.988. The van der Waals surface area contributed by atoms with Gasteiger partial charge in [0.15, 0.2) is 0 Å². The van der Waals surface area contributed by atoms with Crippen LogP contribution < -0.4 is 11.1 Å². The van der Waals surface area contributed by atoms with Gasteiger partial charge >= 0.3 is 6.03 Å². The Balaban J connectivity index is 1.68. The van der Waals surface area contributed by atoms with E-state index < -0.39 is 0 Å². The smallest absolute Gasteiger partial charge is 0.321 e. The molecule has 0 saturated carbocycles. The molecule has 1 aliphatic heterocycles. The van der Waals surface area contributed by atoms with Crippen molar-refractivity contribution in [2.75, 3.05) is 18.4 Å². The highest BCUT2D eigenvalue weighted by Gasteiger charge is 2.26. The molecule has 0 bridgehead atoms. The van der Waals surface area contributed by atoms with Crippen molar-refractivity contribution >= 4 is 17.6 Å². The SMILES string of the molecule is NC(=O)[C@H]1CCCN(C(=O)Nc2cccc(-n3ccnn3)c2)C1. The van der Waals surface area contributed by atoms with E-state index in [2.05, 4.69) is 15.6 Å². The van der Waals surface area contributed by atoms with Gasteiger partial charge in [-0.1, -0.05) is 11.3 Å². The fourth-order valence-corrected chi connectivity index (χ4v) is 2.67. The predicted molar refractivity (Wildman–Crippen MR) is 83.9 cm³/mol. The van der Waals surface area contributed by atoms with Gasteiger partial charge in [-0.15, -0.1) is 5.10 Å². The van der Waals surface area contributed by atoms with E-state index in [4.69, 9.17) is 5.73 Å². The van der Waals surface area contributed by atoms with E-state index in [0.29, 0.717) is 18.8 Å². The molecule has 2 aromatic rings. The van der Waals surface area contributed by atoms with Gasteiger partial charge in [-0.05, 0) is 31.0 Å². The summed E-state index contributed by atoms with van der Waals surface area (Å²) in [5.74, 6) is -0.619. The Labute approximate surface area is 133 Å². The minimum absolute atomic E-state index is 0.230. The summed E-state index contributed by atoms with van der Waals surface area (Å²) in [5, 5.41) is 10.5. The molecule has 0 unspecified atom stereocenters. The summed E-state index contributed by atoms with van der Waals surface area (Å²) in [7, 11) is 0. The van der Waals surface area contributed by atoms with E-state index in [1.165, 1.54) is 0 Å². The number of amides is 3. The third-order valence-electron chi connectivity index (χ3n) is 3.90. The third-order valence-corrected chi connectivity index (χ3v) is 3.90. The van der Waals surface area contributed by atoms with Gasteiger partial charge < -0.3 is 16.0 Å². The van der Waals surface area contributed by atoms with Crippen LogP contribution in [0.25, 0.3) is 5.69 Å². The second kappa shape index (κ2) is 6.47. The highest BCUT2D eigenvalue weighted by Crippen LogP contribution is 2.18. The first kappa shape index (κ1) is 15.0. The number of urea groups is 1. The van der Waals surface area contributed by atoms with E-state index in [9.17, 15) is 9.59 Å². The zero-order chi connectivity index (χ0) is 16.2. The number of benzene rings is 1. The fraction of sp³-hybridized carbons (Fsp3) is 0.333. The lowest BCUT2D eigenvalue weighted by molar-refractivity contribution is -0.123. The molecule has 0 spiro atoms. The topological polar surface area (TPSA) is 106 Å². The monoisotopic (exact) mass is 314 g/mol. The largest absolute Gasteiger partial charge is 0.369 e. The van der Waals surface area contributed by atoms with E-state index in [1.807, 2.05) is 18.2 Å². The molecule has 1 saturated heterocycles. The first-order valence-corrected chi connectivity index (χ1v) is 7.45. The van der Waals surface area contributed by atoms with Crippen LogP contribution in [-0.4, -0.2) is 44.9 Å². The molecule has 1 fully saturated rings. The lowest BCUT2D eigenvalue weighted by Gasteiger charge is -2.31. The Hall–Kier alpha value is -2.90. The van der Waals surface area contributed by atoms with Crippen LogP contribution in [-0.2, 0) is 4.79 Å². The van der Waals surface area contributed by atoms with E-state index >= 15 is 0 Å². The van der Waals surface area contributed by atoms with E-state index in [1.54, 1.807) is 28.0 Å². The van der Waals surface area contributed by atoms with E-state index in [-0.39, 0.29) is 17.9 Å². The summed E-state index contributed by atoms with van der Waals surface area (Å²) >= 11 is 0. The minimum Gasteiger partial charge on any atom is -0.369 e. The van der Waals surface area contributed by atoms with Gasteiger partial charge in [0.25, 0.3) is 0 Å². The third kappa shape index (κ3) is 3.47. The highest BCUT2D eigenvalue weighted by atomic mass is 16.2. The minimum atomic E-state index is -0.351. The molecule has 0 radical (unpaired) electrons. The van der Waals surface area contributed by atoms with Gasteiger partial charge in [-0.2, -0.15) is 0 Å². The van der Waals surface area contributed by atoms with Crippen molar-refractivity contribution in [1.82, 2.24) is 19.9 Å². The number of hydrogen-bond donors (Lipinski definition) is 2. The molecule has 8 heteroatoms. The summed E-state index contributed by atoms with van der Waals surface area (Å²) in [6.07, 6.45) is 4.83. The van der Waals surface area contributed by atoms with Gasteiger partial charge in [-0.25, -0.2) is 9.48 Å². The molecular formula is C15H18N6O2. The highest BCUT2D eigenvalue weighted by molar-refractivity contribution is 5.90. The number of nitrogens with zero attached hydrogens (tertiary/aromatic N) is 4. The number of aromatic nitrogens is 3. The normalized spacial score (nSPS) is 17.7. The summed E-state index contributed by atoms with van der Waals surface area (Å²) in [4.78, 5) is 25.3. The molecule has 2 heterocycles. The van der Waals surface area contributed by atoms with Crippen LogP contribution in [0.5, 0.6) is 0 Å². The Morgan fingerprint density at radius 3 is 2.96 bits per heavy atom. The van der Waals surface area contributed by atoms with Crippen LogP contribution in [0.15, 0.2) is 36.7 Å². The summed E-state index contributed by atoms with van der Waals surface area (Å²) < 4.78 is 1.61. The predicted octanol–water partition coefficient (Wildman–Crippen LogP) is 0.996. The number of nitrogens with one attached hydrogen (secondary N) is 1. The van der Waals surface area contributed by atoms with Crippen molar-refractivity contribution in [3.63, 3.8) is 0 Å². The van der Waals surface area contributed by atoms with Crippen LogP contribution in [0.1, 0.15) is 12.8 Å². The summed E-state index contributed by atoms with van der Waals surface area (Å²) in [5.41, 5.74) is 6.80. The molecule has 1 aromatic carbocycles. The van der Waals surface area contributed by atoms with Gasteiger partial charge in [0, 0.05) is 18.8 Å². The molecule has 3 rings (SSSR count). The first-order chi connectivity index (χ1) is 11.1. The molecule has 1 aliphatic rings.